The Kier molecular flexibility index (Phi) is 3.58. The maximum atomic E-state index is 12.3. The Bertz CT molecular complexity index is 709. The predicted octanol–water partition coefficient (Wildman–Crippen LogP) is 2.31. The van der Waals surface area contributed by atoms with Crippen LogP contribution in [0.5, 0.6) is 5.75 Å². The van der Waals surface area contributed by atoms with Crippen LogP contribution >= 0.6 is 0 Å². The Morgan fingerprint density at radius 3 is 2.65 bits per heavy atom. The van der Waals surface area contributed by atoms with E-state index in [2.05, 4.69) is 15.3 Å². The minimum Gasteiger partial charge on any atom is -0.449 e. The molecule has 2 heterocycles. The summed E-state index contributed by atoms with van der Waals surface area (Å²) in [5, 5.41) is 12.0. The van der Waals surface area contributed by atoms with Gasteiger partial charge >= 0.3 is 6.16 Å². The van der Waals surface area contributed by atoms with Gasteiger partial charge in [0.25, 0.3) is 5.91 Å². The van der Waals surface area contributed by atoms with Gasteiger partial charge in [-0.1, -0.05) is 13.8 Å². The van der Waals surface area contributed by atoms with Crippen molar-refractivity contribution in [3.63, 3.8) is 0 Å². The van der Waals surface area contributed by atoms with Gasteiger partial charge in [0.2, 0.25) is 0 Å². The molecule has 0 aromatic carbocycles. The van der Waals surface area contributed by atoms with Crippen molar-refractivity contribution in [1.82, 2.24) is 10.3 Å². The first-order valence-electron chi connectivity index (χ1n) is 7.64. The van der Waals surface area contributed by atoms with Crippen LogP contribution in [0.3, 0.4) is 0 Å². The maximum Gasteiger partial charge on any atom is 0.511 e. The summed E-state index contributed by atoms with van der Waals surface area (Å²) < 4.78 is 4.80. The van der Waals surface area contributed by atoms with Gasteiger partial charge in [0.15, 0.2) is 11.6 Å². The molecule has 1 aliphatic heterocycles. The van der Waals surface area contributed by atoms with Crippen molar-refractivity contribution in [3.05, 3.63) is 23.5 Å². The SMILES string of the molecule is CC(C)C1(C)NC(c2nc(C3CC3)ccc2OC(=O)O)=NC1=O. The number of amidine groups is 1. The number of hydrogen-bond donors (Lipinski definition) is 2. The predicted molar refractivity (Wildman–Crippen MR) is 82.8 cm³/mol. The minimum absolute atomic E-state index is 0.0201. The average Bonchev–Trinajstić information content (AvgIpc) is 3.26. The Labute approximate surface area is 133 Å². The van der Waals surface area contributed by atoms with Crippen LogP contribution in [0.15, 0.2) is 17.1 Å². The average molecular weight is 317 g/mol. The van der Waals surface area contributed by atoms with Crippen molar-refractivity contribution >= 4 is 17.9 Å². The Hall–Kier alpha value is -2.44. The fourth-order valence-electron chi connectivity index (χ4n) is 2.46. The summed E-state index contributed by atoms with van der Waals surface area (Å²) in [5.74, 6) is 0.467. The highest BCUT2D eigenvalue weighted by Gasteiger charge is 2.43. The molecule has 0 bridgehead atoms. The number of ether oxygens (including phenoxy) is 1. The van der Waals surface area contributed by atoms with Crippen LogP contribution < -0.4 is 10.1 Å². The van der Waals surface area contributed by atoms with Crippen LogP contribution in [-0.2, 0) is 4.79 Å². The number of carbonyl (C=O) groups is 2. The molecule has 1 atom stereocenters. The van der Waals surface area contributed by atoms with Crippen molar-refractivity contribution in [2.24, 2.45) is 10.9 Å². The van der Waals surface area contributed by atoms with Gasteiger partial charge in [-0.2, -0.15) is 4.99 Å². The smallest absolute Gasteiger partial charge is 0.449 e. The molecule has 1 amide bonds. The maximum absolute atomic E-state index is 12.3. The number of pyridine rings is 1. The number of nitrogens with zero attached hydrogens (tertiary/aromatic N) is 2. The zero-order valence-electron chi connectivity index (χ0n) is 13.3. The van der Waals surface area contributed by atoms with Crippen molar-refractivity contribution in [3.8, 4) is 5.75 Å². The van der Waals surface area contributed by atoms with Crippen LogP contribution in [0.1, 0.15) is 50.9 Å². The normalized spacial score (nSPS) is 23.7. The molecule has 1 unspecified atom stereocenters. The van der Waals surface area contributed by atoms with Gasteiger partial charge < -0.3 is 15.2 Å². The molecule has 0 radical (unpaired) electrons. The first-order valence-corrected chi connectivity index (χ1v) is 7.64. The molecule has 1 aromatic heterocycles. The molecule has 0 saturated heterocycles. The molecule has 7 nitrogen and oxygen atoms in total. The quantitative estimate of drug-likeness (QED) is 0.826. The number of nitrogens with one attached hydrogen (secondary N) is 1. The lowest BCUT2D eigenvalue weighted by Crippen LogP contribution is -2.50. The largest absolute Gasteiger partial charge is 0.511 e. The molecule has 1 aromatic rings. The van der Waals surface area contributed by atoms with E-state index in [4.69, 9.17) is 9.84 Å². The number of rotatable bonds is 4. The van der Waals surface area contributed by atoms with Crippen LogP contribution in [-0.4, -0.2) is 33.5 Å². The van der Waals surface area contributed by atoms with E-state index in [0.717, 1.165) is 18.5 Å². The van der Waals surface area contributed by atoms with E-state index in [1.807, 2.05) is 13.8 Å². The summed E-state index contributed by atoms with van der Waals surface area (Å²) in [6.45, 7) is 5.62. The highest BCUT2D eigenvalue weighted by atomic mass is 16.7. The summed E-state index contributed by atoms with van der Waals surface area (Å²) in [4.78, 5) is 31.7. The fourth-order valence-corrected chi connectivity index (χ4v) is 2.46. The third-order valence-corrected chi connectivity index (χ3v) is 4.49. The Morgan fingerprint density at radius 2 is 2.13 bits per heavy atom. The third kappa shape index (κ3) is 2.78. The summed E-state index contributed by atoms with van der Waals surface area (Å²) in [6.07, 6.45) is 0.700. The molecule has 0 spiro atoms. The van der Waals surface area contributed by atoms with Crippen LogP contribution in [0, 0.1) is 5.92 Å². The molecule has 2 N–H and O–H groups in total. The molecule has 1 saturated carbocycles. The van der Waals surface area contributed by atoms with E-state index in [-0.39, 0.29) is 29.1 Å². The molecule has 2 aliphatic rings. The summed E-state index contributed by atoms with van der Waals surface area (Å²) in [5.41, 5.74) is 0.315. The van der Waals surface area contributed by atoms with Gasteiger partial charge in [-0.25, -0.2) is 9.78 Å². The van der Waals surface area contributed by atoms with Crippen molar-refractivity contribution < 1.29 is 19.4 Å². The number of amides is 1. The first kappa shape index (κ1) is 15.5. The number of aliphatic imine (C=N–C) groups is 1. The van der Waals surface area contributed by atoms with Gasteiger partial charge in [0, 0.05) is 11.6 Å². The second-order valence-electron chi connectivity index (χ2n) is 6.47. The van der Waals surface area contributed by atoms with Gasteiger partial charge in [0.05, 0.1) is 0 Å². The summed E-state index contributed by atoms with van der Waals surface area (Å²) >= 11 is 0. The molecule has 122 valence electrons. The highest BCUT2D eigenvalue weighted by molar-refractivity contribution is 6.14. The van der Waals surface area contributed by atoms with Crippen LogP contribution in [0.2, 0.25) is 0 Å². The van der Waals surface area contributed by atoms with Gasteiger partial charge in [0.1, 0.15) is 11.2 Å². The first-order chi connectivity index (χ1) is 10.8. The zero-order valence-corrected chi connectivity index (χ0v) is 13.3. The number of carbonyl (C=O) groups excluding carboxylic acids is 1. The molecule has 7 heteroatoms. The lowest BCUT2D eigenvalue weighted by molar-refractivity contribution is -0.123. The van der Waals surface area contributed by atoms with Gasteiger partial charge in [-0.15, -0.1) is 0 Å². The van der Waals surface area contributed by atoms with E-state index >= 15 is 0 Å². The second-order valence-corrected chi connectivity index (χ2v) is 6.47. The standard InChI is InChI=1S/C16H19N3O4/c1-8(2)16(3)14(20)18-13(19-16)12-11(23-15(21)22)7-6-10(17-12)9-4-5-9/h6-9H,4-5H2,1-3H3,(H,21,22)(H,18,19,20). The van der Waals surface area contributed by atoms with Gasteiger partial charge in [-0.3, -0.25) is 4.79 Å². The van der Waals surface area contributed by atoms with E-state index in [1.54, 1.807) is 19.1 Å². The number of hydrogen-bond acceptors (Lipinski definition) is 5. The van der Waals surface area contributed by atoms with E-state index in [9.17, 15) is 9.59 Å². The lowest BCUT2D eigenvalue weighted by atomic mass is 9.88. The fraction of sp³-hybridized carbons (Fsp3) is 0.500. The molecule has 1 aliphatic carbocycles. The van der Waals surface area contributed by atoms with Gasteiger partial charge in [-0.05, 0) is 37.8 Å². The molecule has 23 heavy (non-hydrogen) atoms. The lowest BCUT2D eigenvalue weighted by Gasteiger charge is -2.27. The van der Waals surface area contributed by atoms with Crippen molar-refractivity contribution in [2.45, 2.75) is 45.1 Å². The molecule has 1 fully saturated rings. The Morgan fingerprint density at radius 1 is 1.43 bits per heavy atom. The number of carboxylic acid groups (broad SMARTS) is 1. The zero-order chi connectivity index (χ0) is 16.8. The topological polar surface area (TPSA) is 101 Å². The second kappa shape index (κ2) is 5.33. The highest BCUT2D eigenvalue weighted by Crippen LogP contribution is 2.40. The Balaban J connectivity index is 2.00. The van der Waals surface area contributed by atoms with Crippen molar-refractivity contribution in [2.75, 3.05) is 0 Å². The monoisotopic (exact) mass is 317 g/mol. The molecular weight excluding hydrogens is 298 g/mol. The molecule has 3 rings (SSSR count). The summed E-state index contributed by atoms with van der Waals surface area (Å²) in [7, 11) is 0. The number of aromatic nitrogens is 1. The minimum atomic E-state index is -1.43. The van der Waals surface area contributed by atoms with Crippen LogP contribution in [0.4, 0.5) is 4.79 Å². The van der Waals surface area contributed by atoms with E-state index in [1.165, 1.54) is 0 Å². The molecular formula is C16H19N3O4. The van der Waals surface area contributed by atoms with Crippen LogP contribution in [0.25, 0.3) is 0 Å². The third-order valence-electron chi connectivity index (χ3n) is 4.49. The summed E-state index contributed by atoms with van der Waals surface area (Å²) in [6, 6.07) is 3.34. The van der Waals surface area contributed by atoms with E-state index in [0.29, 0.717) is 5.92 Å². The van der Waals surface area contributed by atoms with E-state index < -0.39 is 11.7 Å². The van der Waals surface area contributed by atoms with Crippen molar-refractivity contribution in [1.29, 1.82) is 0 Å².